The van der Waals surface area contributed by atoms with Gasteiger partial charge in [-0.25, -0.2) is 13.4 Å². The summed E-state index contributed by atoms with van der Waals surface area (Å²) in [5.74, 6) is -0.480. The van der Waals surface area contributed by atoms with E-state index in [0.717, 1.165) is 0 Å². The Balaban J connectivity index is 1.58. The molecule has 1 aliphatic heterocycles. The zero-order valence-electron chi connectivity index (χ0n) is 14.9. The first-order valence-electron chi connectivity index (χ1n) is 8.91. The predicted octanol–water partition coefficient (Wildman–Crippen LogP) is 2.23. The highest BCUT2D eigenvalue weighted by Gasteiger charge is 2.36. The Hall–Kier alpha value is -2.30. The van der Waals surface area contributed by atoms with Crippen molar-refractivity contribution < 1.29 is 22.8 Å². The second-order valence-electron chi connectivity index (χ2n) is 6.59. The van der Waals surface area contributed by atoms with Crippen LogP contribution in [0.15, 0.2) is 45.9 Å². The van der Waals surface area contributed by atoms with Crippen molar-refractivity contribution in [2.75, 3.05) is 18.5 Å². The summed E-state index contributed by atoms with van der Waals surface area (Å²) >= 11 is 1.29. The van der Waals surface area contributed by atoms with Crippen LogP contribution in [-0.4, -0.2) is 49.6 Å². The second kappa shape index (κ2) is 7.98. The first-order chi connectivity index (χ1) is 13.5. The normalized spacial score (nSPS) is 20.1. The standard InChI is InChI=1S/C18H19N3O5S2/c22-17(20-18-19-8-10-27-18)16(21-26-13-7-9-25-11-13)12-1-3-14(4-2-12)28(23,24)15-5-6-15/h1-4,8,10,13,15H,5-7,9,11H2,(H,19,20,22). The van der Waals surface area contributed by atoms with E-state index in [1.165, 1.54) is 23.5 Å². The first kappa shape index (κ1) is 19.0. The topological polar surface area (TPSA) is 107 Å². The Kier molecular flexibility index (Phi) is 5.42. The van der Waals surface area contributed by atoms with Crippen LogP contribution in [0.1, 0.15) is 24.8 Å². The van der Waals surface area contributed by atoms with Gasteiger partial charge in [-0.1, -0.05) is 17.3 Å². The minimum atomic E-state index is -3.29. The van der Waals surface area contributed by atoms with Crippen molar-refractivity contribution >= 4 is 37.9 Å². The van der Waals surface area contributed by atoms with Gasteiger partial charge in [0.1, 0.15) is 0 Å². The highest BCUT2D eigenvalue weighted by molar-refractivity contribution is 7.92. The highest BCUT2D eigenvalue weighted by atomic mass is 32.2. The lowest BCUT2D eigenvalue weighted by molar-refractivity contribution is -0.110. The molecule has 10 heteroatoms. The van der Waals surface area contributed by atoms with Gasteiger partial charge in [-0.15, -0.1) is 11.3 Å². The molecule has 1 atom stereocenters. The molecule has 1 saturated heterocycles. The Bertz CT molecular complexity index is 961. The molecule has 0 spiro atoms. The van der Waals surface area contributed by atoms with E-state index < -0.39 is 15.7 Å². The molecule has 1 aromatic heterocycles. The predicted molar refractivity (Wildman–Crippen MR) is 104 cm³/mol. The van der Waals surface area contributed by atoms with Gasteiger partial charge in [-0.3, -0.25) is 10.1 Å². The lowest BCUT2D eigenvalue weighted by atomic mass is 10.1. The molecule has 2 aromatic rings. The van der Waals surface area contributed by atoms with E-state index in [1.54, 1.807) is 23.7 Å². The number of carbonyl (C=O) groups excluding carboxylic acids is 1. The fraction of sp³-hybridized carbons (Fsp3) is 0.389. The lowest BCUT2D eigenvalue weighted by Crippen LogP contribution is -2.25. The molecule has 2 fully saturated rings. The first-order valence-corrected chi connectivity index (χ1v) is 11.3. The summed E-state index contributed by atoms with van der Waals surface area (Å²) in [6.45, 7) is 1.01. The number of aromatic nitrogens is 1. The summed E-state index contributed by atoms with van der Waals surface area (Å²) in [7, 11) is -3.29. The lowest BCUT2D eigenvalue weighted by Gasteiger charge is -2.10. The zero-order valence-corrected chi connectivity index (χ0v) is 16.5. The number of ether oxygens (including phenoxy) is 1. The number of hydrogen-bond donors (Lipinski definition) is 1. The Morgan fingerprint density at radius 2 is 2.04 bits per heavy atom. The van der Waals surface area contributed by atoms with Crippen molar-refractivity contribution in [2.24, 2.45) is 5.16 Å². The molecule has 0 radical (unpaired) electrons. The number of thiazole rings is 1. The largest absolute Gasteiger partial charge is 0.389 e. The third kappa shape index (κ3) is 4.23. The van der Waals surface area contributed by atoms with Crippen LogP contribution < -0.4 is 5.32 Å². The van der Waals surface area contributed by atoms with Crippen LogP contribution >= 0.6 is 11.3 Å². The molecule has 4 rings (SSSR count). The van der Waals surface area contributed by atoms with Crippen LogP contribution in [-0.2, 0) is 24.2 Å². The third-order valence-corrected chi connectivity index (χ3v) is 7.44. The monoisotopic (exact) mass is 421 g/mol. The van der Waals surface area contributed by atoms with E-state index in [4.69, 9.17) is 9.57 Å². The van der Waals surface area contributed by atoms with Gasteiger partial charge in [-0.2, -0.15) is 0 Å². The van der Waals surface area contributed by atoms with Crippen molar-refractivity contribution in [2.45, 2.75) is 35.5 Å². The minimum absolute atomic E-state index is 0.0532. The van der Waals surface area contributed by atoms with Gasteiger partial charge in [0, 0.05) is 23.6 Å². The van der Waals surface area contributed by atoms with E-state index in [0.29, 0.717) is 43.2 Å². The van der Waals surface area contributed by atoms with Crippen molar-refractivity contribution in [1.29, 1.82) is 0 Å². The van der Waals surface area contributed by atoms with Gasteiger partial charge in [0.05, 0.1) is 23.4 Å². The summed E-state index contributed by atoms with van der Waals surface area (Å²) in [4.78, 5) is 22.5. The summed E-state index contributed by atoms with van der Waals surface area (Å²) in [6.07, 6.45) is 3.47. The number of oxime groups is 1. The molecular weight excluding hydrogens is 402 g/mol. The number of nitrogens with one attached hydrogen (secondary N) is 1. The number of amides is 1. The maximum atomic E-state index is 12.7. The minimum Gasteiger partial charge on any atom is -0.389 e. The number of nitrogens with zero attached hydrogens (tertiary/aromatic N) is 2. The average molecular weight is 422 g/mol. The summed E-state index contributed by atoms with van der Waals surface area (Å²) in [6, 6.07) is 6.16. The molecule has 1 aromatic carbocycles. The molecule has 1 amide bonds. The van der Waals surface area contributed by atoms with Crippen molar-refractivity contribution in [3.05, 3.63) is 41.4 Å². The fourth-order valence-electron chi connectivity index (χ4n) is 2.76. The highest BCUT2D eigenvalue weighted by Crippen LogP contribution is 2.33. The van der Waals surface area contributed by atoms with Crippen LogP contribution in [0.25, 0.3) is 0 Å². The summed E-state index contributed by atoms with van der Waals surface area (Å²) in [5, 5.41) is 8.62. The summed E-state index contributed by atoms with van der Waals surface area (Å²) < 4.78 is 30.0. The number of benzene rings is 1. The van der Waals surface area contributed by atoms with Gasteiger partial charge < -0.3 is 9.57 Å². The molecule has 1 saturated carbocycles. The van der Waals surface area contributed by atoms with Gasteiger partial charge in [0.25, 0.3) is 5.91 Å². The molecule has 148 valence electrons. The van der Waals surface area contributed by atoms with E-state index in [9.17, 15) is 13.2 Å². The van der Waals surface area contributed by atoms with Crippen LogP contribution in [0, 0.1) is 0 Å². The molecule has 1 N–H and O–H groups in total. The zero-order chi connectivity index (χ0) is 19.6. The van der Waals surface area contributed by atoms with E-state index in [1.807, 2.05) is 0 Å². The maximum absolute atomic E-state index is 12.7. The van der Waals surface area contributed by atoms with Gasteiger partial charge in [0.2, 0.25) is 0 Å². The second-order valence-corrected chi connectivity index (χ2v) is 9.71. The quantitative estimate of drug-likeness (QED) is 0.543. The molecule has 2 heterocycles. The number of sulfone groups is 1. The SMILES string of the molecule is O=C(Nc1nccs1)C(=NOC1CCOC1)c1ccc(S(=O)(=O)C2CC2)cc1. The average Bonchev–Trinajstić information content (AvgIpc) is 3.20. The molecule has 1 aliphatic carbocycles. The number of rotatable bonds is 7. The van der Waals surface area contributed by atoms with E-state index >= 15 is 0 Å². The van der Waals surface area contributed by atoms with Crippen LogP contribution in [0.3, 0.4) is 0 Å². The van der Waals surface area contributed by atoms with E-state index in [2.05, 4.69) is 15.5 Å². The Morgan fingerprint density at radius 3 is 2.64 bits per heavy atom. The van der Waals surface area contributed by atoms with E-state index in [-0.39, 0.29) is 22.0 Å². The van der Waals surface area contributed by atoms with Crippen LogP contribution in [0.2, 0.25) is 0 Å². The molecular formula is C18H19N3O5S2. The molecule has 2 aliphatic rings. The molecule has 0 bridgehead atoms. The van der Waals surface area contributed by atoms with Crippen LogP contribution in [0.4, 0.5) is 5.13 Å². The van der Waals surface area contributed by atoms with Gasteiger partial charge >= 0.3 is 0 Å². The van der Waals surface area contributed by atoms with Crippen molar-refractivity contribution in [3.63, 3.8) is 0 Å². The smallest absolute Gasteiger partial charge is 0.280 e. The number of anilines is 1. The maximum Gasteiger partial charge on any atom is 0.280 e. The van der Waals surface area contributed by atoms with Crippen molar-refractivity contribution in [1.82, 2.24) is 4.98 Å². The van der Waals surface area contributed by atoms with Gasteiger partial charge in [0.15, 0.2) is 26.8 Å². The van der Waals surface area contributed by atoms with Crippen LogP contribution in [0.5, 0.6) is 0 Å². The molecule has 8 nitrogen and oxygen atoms in total. The molecule has 28 heavy (non-hydrogen) atoms. The Morgan fingerprint density at radius 1 is 1.25 bits per heavy atom. The molecule has 1 unspecified atom stereocenters. The van der Waals surface area contributed by atoms with Crippen molar-refractivity contribution in [3.8, 4) is 0 Å². The number of carbonyl (C=O) groups is 1. The number of hydrogen-bond acceptors (Lipinski definition) is 8. The summed E-state index contributed by atoms with van der Waals surface area (Å²) in [5.41, 5.74) is 0.514. The van der Waals surface area contributed by atoms with Gasteiger partial charge in [-0.05, 0) is 25.0 Å². The fourth-order valence-corrected chi connectivity index (χ4v) is 4.94. The third-order valence-electron chi connectivity index (χ3n) is 4.47. The Labute approximate surface area is 166 Å².